The monoisotopic (exact) mass is 238 g/mol. The van der Waals surface area contributed by atoms with Crippen molar-refractivity contribution in [3.05, 3.63) is 0 Å². The van der Waals surface area contributed by atoms with Crippen LogP contribution in [-0.4, -0.2) is 33.0 Å². The Balaban J connectivity index is 2.75. The molecule has 0 heterocycles. The van der Waals surface area contributed by atoms with Crippen molar-refractivity contribution in [1.29, 1.82) is 0 Å². The molecule has 9 heavy (non-hydrogen) atoms. The molecule has 0 unspecified atom stereocenters. The molecule has 0 aliphatic heterocycles. The zero-order chi connectivity index (χ0) is 7.11. The van der Waals surface area contributed by atoms with E-state index in [2.05, 4.69) is 16.8 Å². The van der Waals surface area contributed by atoms with E-state index in [1.54, 1.807) is 0 Å². The predicted octanol–water partition coefficient (Wildman–Crippen LogP) is 1.90. The molecule has 1 nitrogen and oxygen atoms in total. The van der Waals surface area contributed by atoms with E-state index < -0.39 is 19.8 Å². The average Bonchev–Trinajstić information content (AvgIpc) is 1.80. The molecule has 0 saturated heterocycles. The summed E-state index contributed by atoms with van der Waals surface area (Å²) in [6.45, 7) is 3.93. The van der Waals surface area contributed by atoms with Crippen LogP contribution in [0.25, 0.3) is 0 Å². The van der Waals surface area contributed by atoms with Crippen molar-refractivity contribution >= 4 is 19.8 Å². The van der Waals surface area contributed by atoms with Crippen LogP contribution < -0.4 is 0 Å². The van der Waals surface area contributed by atoms with E-state index in [0.29, 0.717) is 0 Å². The van der Waals surface area contributed by atoms with E-state index in [0.717, 1.165) is 13.2 Å². The third-order valence-electron chi connectivity index (χ3n) is 1.27. The standard InChI is InChI=1S/C5H11O.2CH3.Sn.H/c1-3-5-6-4-2;;;;/h1,3-5H2,2H3;2*1H3;;. The number of hydrogen-bond donors (Lipinski definition) is 0. The SMILES string of the molecule is CCOCC[CH2][SnH]([CH3])[CH3]. The molecule has 56 valence electrons. The fourth-order valence-electron chi connectivity index (χ4n) is 0.738. The molecule has 0 saturated carbocycles. The van der Waals surface area contributed by atoms with E-state index in [1.165, 1.54) is 10.9 Å². The normalized spacial score (nSPS) is 10.7. The summed E-state index contributed by atoms with van der Waals surface area (Å²) >= 11 is -0.865. The van der Waals surface area contributed by atoms with Gasteiger partial charge in [0.2, 0.25) is 0 Å². The second kappa shape index (κ2) is 6.87. The van der Waals surface area contributed by atoms with Gasteiger partial charge in [0.1, 0.15) is 0 Å². The Hall–Kier alpha value is 0.759. The molecule has 0 radical (unpaired) electrons. The van der Waals surface area contributed by atoms with Gasteiger partial charge in [-0.2, -0.15) is 0 Å². The summed E-state index contributed by atoms with van der Waals surface area (Å²) in [4.78, 5) is 4.90. The van der Waals surface area contributed by atoms with Crippen molar-refractivity contribution in [1.82, 2.24) is 0 Å². The first-order valence-corrected chi connectivity index (χ1v) is 12.8. The van der Waals surface area contributed by atoms with Crippen LogP contribution in [0.2, 0.25) is 14.3 Å². The molecule has 0 aliphatic rings. The van der Waals surface area contributed by atoms with Crippen LogP contribution in [0.4, 0.5) is 0 Å². The van der Waals surface area contributed by atoms with E-state index in [9.17, 15) is 0 Å². The van der Waals surface area contributed by atoms with Crippen LogP contribution in [0.15, 0.2) is 0 Å². The van der Waals surface area contributed by atoms with Crippen LogP contribution in [0, 0.1) is 0 Å². The Labute approximate surface area is 65.5 Å². The van der Waals surface area contributed by atoms with Gasteiger partial charge in [-0.3, -0.25) is 0 Å². The van der Waals surface area contributed by atoms with Gasteiger partial charge in [-0.1, -0.05) is 0 Å². The molecular formula is C7H18OSn. The molecular weight excluding hydrogens is 219 g/mol. The number of rotatable bonds is 5. The molecule has 0 bridgehead atoms. The second-order valence-electron chi connectivity index (χ2n) is 2.73. The molecule has 0 aromatic heterocycles. The topological polar surface area (TPSA) is 9.23 Å². The van der Waals surface area contributed by atoms with Gasteiger partial charge in [0.05, 0.1) is 0 Å². The Kier molecular flexibility index (Phi) is 7.45. The van der Waals surface area contributed by atoms with Gasteiger partial charge in [0.15, 0.2) is 0 Å². The first kappa shape index (κ1) is 9.76. The molecule has 0 atom stereocenters. The summed E-state index contributed by atoms with van der Waals surface area (Å²) in [6, 6.07) is 0. The van der Waals surface area contributed by atoms with Crippen LogP contribution in [-0.2, 0) is 4.74 Å². The van der Waals surface area contributed by atoms with Gasteiger partial charge in [-0.25, -0.2) is 0 Å². The fourth-order valence-corrected chi connectivity index (χ4v) is 3.54. The first-order valence-electron chi connectivity index (χ1n) is 3.85. The molecule has 0 aromatic rings. The molecule has 0 rings (SSSR count). The van der Waals surface area contributed by atoms with Crippen molar-refractivity contribution in [2.75, 3.05) is 13.2 Å². The quantitative estimate of drug-likeness (QED) is 0.524. The minimum absolute atomic E-state index is 0.865. The van der Waals surface area contributed by atoms with Crippen LogP contribution in [0.1, 0.15) is 13.3 Å². The van der Waals surface area contributed by atoms with Gasteiger partial charge in [-0.05, 0) is 0 Å². The summed E-state index contributed by atoms with van der Waals surface area (Å²) in [5, 5.41) is 0. The molecule has 0 amide bonds. The molecule has 0 N–H and O–H groups in total. The zero-order valence-electron chi connectivity index (χ0n) is 6.81. The Morgan fingerprint density at radius 3 is 2.44 bits per heavy atom. The van der Waals surface area contributed by atoms with E-state index in [1.807, 2.05) is 0 Å². The summed E-state index contributed by atoms with van der Waals surface area (Å²) < 4.78 is 6.72. The van der Waals surface area contributed by atoms with E-state index in [4.69, 9.17) is 4.74 Å². The summed E-state index contributed by atoms with van der Waals surface area (Å²) in [5.41, 5.74) is 0. The van der Waals surface area contributed by atoms with Crippen molar-refractivity contribution in [2.24, 2.45) is 0 Å². The predicted molar refractivity (Wildman–Crippen MR) is 44.8 cm³/mol. The van der Waals surface area contributed by atoms with Crippen LogP contribution in [0.5, 0.6) is 0 Å². The van der Waals surface area contributed by atoms with E-state index in [-0.39, 0.29) is 0 Å². The fraction of sp³-hybridized carbons (Fsp3) is 1.00. The molecule has 0 spiro atoms. The van der Waals surface area contributed by atoms with Gasteiger partial charge >= 0.3 is 65.4 Å². The molecule has 0 fully saturated rings. The third-order valence-corrected chi connectivity index (χ3v) is 5.74. The van der Waals surface area contributed by atoms with Gasteiger partial charge < -0.3 is 0 Å². The first-order chi connectivity index (χ1) is 4.27. The van der Waals surface area contributed by atoms with Gasteiger partial charge in [0, 0.05) is 0 Å². The van der Waals surface area contributed by atoms with Gasteiger partial charge in [0.25, 0.3) is 0 Å². The average molecular weight is 237 g/mol. The maximum atomic E-state index is 5.22. The zero-order valence-corrected chi connectivity index (χ0v) is 10.1. The summed E-state index contributed by atoms with van der Waals surface area (Å²) in [7, 11) is 0. The molecule has 0 aromatic carbocycles. The Morgan fingerprint density at radius 2 is 2.00 bits per heavy atom. The second-order valence-corrected chi connectivity index (χ2v) is 12.3. The van der Waals surface area contributed by atoms with Crippen LogP contribution >= 0.6 is 0 Å². The Bertz CT molecular complexity index is 54.9. The van der Waals surface area contributed by atoms with Crippen molar-refractivity contribution in [2.45, 2.75) is 27.7 Å². The third kappa shape index (κ3) is 8.76. The molecule has 0 aliphatic carbocycles. The number of hydrogen-bond acceptors (Lipinski definition) is 1. The van der Waals surface area contributed by atoms with Crippen molar-refractivity contribution in [3.63, 3.8) is 0 Å². The Morgan fingerprint density at radius 1 is 1.33 bits per heavy atom. The van der Waals surface area contributed by atoms with Crippen molar-refractivity contribution < 1.29 is 4.74 Å². The maximum absolute atomic E-state index is 5.22. The number of ether oxygens (including phenoxy) is 1. The molecule has 2 heteroatoms. The van der Waals surface area contributed by atoms with E-state index >= 15 is 0 Å². The van der Waals surface area contributed by atoms with Gasteiger partial charge in [-0.15, -0.1) is 0 Å². The summed E-state index contributed by atoms with van der Waals surface area (Å²) in [6.07, 6.45) is 1.31. The van der Waals surface area contributed by atoms with Crippen LogP contribution in [0.3, 0.4) is 0 Å². The van der Waals surface area contributed by atoms with Crippen molar-refractivity contribution in [3.8, 4) is 0 Å². The minimum atomic E-state index is -0.865. The summed E-state index contributed by atoms with van der Waals surface area (Å²) in [5.74, 6) is 0.